The summed E-state index contributed by atoms with van der Waals surface area (Å²) >= 11 is 0. The van der Waals surface area contributed by atoms with E-state index in [0.29, 0.717) is 37.6 Å². The zero-order valence-corrected chi connectivity index (χ0v) is 20.4. The molecule has 0 unspecified atom stereocenters. The standard InChI is InChI=1S/C27H34N2O5/c1-5-17-33-21-11-7-19(8-12-21)24-23(26(31)27(32)29(24)16-15-28(3)4)25(30)20-9-13-22(14-10-20)34-18-6-2/h7-14,24,30H,5-6,15-18H2,1-4H3/t24-/m0/s1. The first-order valence-corrected chi connectivity index (χ1v) is 11.8. The number of carbonyl (C=O) groups is 2. The summed E-state index contributed by atoms with van der Waals surface area (Å²) in [6, 6.07) is 13.6. The number of Topliss-reactive ketones (excluding diaryl/α,β-unsaturated/α-hetero) is 1. The van der Waals surface area contributed by atoms with Gasteiger partial charge in [0.2, 0.25) is 0 Å². The molecule has 1 aliphatic rings. The van der Waals surface area contributed by atoms with Gasteiger partial charge in [-0.25, -0.2) is 0 Å². The van der Waals surface area contributed by atoms with E-state index in [1.165, 1.54) is 4.90 Å². The molecule has 1 heterocycles. The van der Waals surface area contributed by atoms with Crippen molar-refractivity contribution in [1.29, 1.82) is 0 Å². The van der Waals surface area contributed by atoms with Gasteiger partial charge in [0.25, 0.3) is 11.7 Å². The van der Waals surface area contributed by atoms with Gasteiger partial charge in [0, 0.05) is 18.7 Å². The van der Waals surface area contributed by atoms with Crippen LogP contribution in [0.25, 0.3) is 5.76 Å². The van der Waals surface area contributed by atoms with Crippen molar-refractivity contribution in [2.75, 3.05) is 40.4 Å². The van der Waals surface area contributed by atoms with Crippen molar-refractivity contribution in [1.82, 2.24) is 9.80 Å². The van der Waals surface area contributed by atoms with Gasteiger partial charge in [-0.3, -0.25) is 9.59 Å². The molecule has 182 valence electrons. The Kier molecular flexibility index (Phi) is 8.71. The van der Waals surface area contributed by atoms with Crippen molar-refractivity contribution in [2.45, 2.75) is 32.7 Å². The second kappa shape index (κ2) is 11.7. The van der Waals surface area contributed by atoms with E-state index in [-0.39, 0.29) is 11.3 Å². The molecule has 0 aliphatic carbocycles. The fourth-order valence-electron chi connectivity index (χ4n) is 3.82. The molecule has 7 nitrogen and oxygen atoms in total. The molecule has 3 rings (SSSR count). The van der Waals surface area contributed by atoms with Crippen LogP contribution in [-0.2, 0) is 9.59 Å². The van der Waals surface area contributed by atoms with Crippen LogP contribution in [0.15, 0.2) is 54.1 Å². The first-order chi connectivity index (χ1) is 16.4. The number of aliphatic hydroxyl groups is 1. The number of benzene rings is 2. The van der Waals surface area contributed by atoms with Crippen LogP contribution < -0.4 is 9.47 Å². The van der Waals surface area contributed by atoms with Gasteiger partial charge in [-0.15, -0.1) is 0 Å². The normalized spacial score (nSPS) is 17.4. The molecule has 7 heteroatoms. The Morgan fingerprint density at radius 1 is 0.912 bits per heavy atom. The van der Waals surface area contributed by atoms with E-state index in [1.54, 1.807) is 24.3 Å². The second-order valence-electron chi connectivity index (χ2n) is 8.59. The number of aliphatic hydroxyl groups excluding tert-OH is 1. The van der Waals surface area contributed by atoms with Gasteiger partial charge in [0.1, 0.15) is 17.3 Å². The van der Waals surface area contributed by atoms with Crippen LogP contribution in [0.5, 0.6) is 11.5 Å². The summed E-state index contributed by atoms with van der Waals surface area (Å²) in [6.07, 6.45) is 1.79. The lowest BCUT2D eigenvalue weighted by Crippen LogP contribution is -2.35. The Morgan fingerprint density at radius 3 is 1.94 bits per heavy atom. The molecule has 0 aromatic heterocycles. The Morgan fingerprint density at radius 2 is 1.44 bits per heavy atom. The van der Waals surface area contributed by atoms with E-state index in [1.807, 2.05) is 57.1 Å². The van der Waals surface area contributed by atoms with Crippen LogP contribution in [0, 0.1) is 0 Å². The maximum Gasteiger partial charge on any atom is 0.295 e. The molecule has 1 N–H and O–H groups in total. The fourth-order valence-corrected chi connectivity index (χ4v) is 3.82. The van der Waals surface area contributed by atoms with Crippen LogP contribution in [0.2, 0.25) is 0 Å². The zero-order valence-electron chi connectivity index (χ0n) is 20.4. The highest BCUT2D eigenvalue weighted by molar-refractivity contribution is 6.46. The first-order valence-electron chi connectivity index (χ1n) is 11.8. The molecule has 0 radical (unpaired) electrons. The van der Waals surface area contributed by atoms with Crippen molar-refractivity contribution in [2.24, 2.45) is 0 Å². The van der Waals surface area contributed by atoms with Crippen molar-refractivity contribution in [3.63, 3.8) is 0 Å². The minimum atomic E-state index is -0.684. The molecule has 1 saturated heterocycles. The third-order valence-corrected chi connectivity index (χ3v) is 5.60. The molecule has 2 aromatic rings. The number of nitrogens with zero attached hydrogens (tertiary/aromatic N) is 2. The number of ether oxygens (including phenoxy) is 2. The van der Waals surface area contributed by atoms with E-state index in [0.717, 1.165) is 24.2 Å². The number of rotatable bonds is 11. The van der Waals surface area contributed by atoms with Gasteiger partial charge in [0.05, 0.1) is 24.8 Å². The van der Waals surface area contributed by atoms with Gasteiger partial charge in [-0.1, -0.05) is 26.0 Å². The van der Waals surface area contributed by atoms with Gasteiger partial charge in [0.15, 0.2) is 0 Å². The predicted octanol–water partition coefficient (Wildman–Crippen LogP) is 4.25. The molecule has 2 aromatic carbocycles. The van der Waals surface area contributed by atoms with E-state index < -0.39 is 17.7 Å². The SMILES string of the molecule is CCCOc1ccc(C(O)=C2C(=O)C(=O)N(CCN(C)C)[C@H]2c2ccc(OCCC)cc2)cc1. The van der Waals surface area contributed by atoms with Gasteiger partial charge < -0.3 is 24.4 Å². The largest absolute Gasteiger partial charge is 0.507 e. The quantitative estimate of drug-likeness (QED) is 0.303. The van der Waals surface area contributed by atoms with Crippen LogP contribution in [-0.4, -0.2) is 67.0 Å². The van der Waals surface area contributed by atoms with Crippen LogP contribution >= 0.6 is 0 Å². The number of hydrogen-bond donors (Lipinski definition) is 1. The number of likely N-dealkylation sites (N-methyl/N-ethyl adjacent to an activating group) is 1. The summed E-state index contributed by atoms with van der Waals surface area (Å²) in [6.45, 7) is 6.22. The summed E-state index contributed by atoms with van der Waals surface area (Å²) in [7, 11) is 3.82. The van der Waals surface area contributed by atoms with Crippen molar-refractivity contribution >= 4 is 17.4 Å². The minimum Gasteiger partial charge on any atom is -0.507 e. The molecule has 0 bridgehead atoms. The highest BCUT2D eigenvalue weighted by atomic mass is 16.5. The lowest BCUT2D eigenvalue weighted by atomic mass is 9.95. The molecule has 34 heavy (non-hydrogen) atoms. The topological polar surface area (TPSA) is 79.3 Å². The molecule has 1 atom stereocenters. The lowest BCUT2D eigenvalue weighted by Gasteiger charge is -2.26. The molecule has 1 aliphatic heterocycles. The summed E-state index contributed by atoms with van der Waals surface area (Å²) in [5, 5.41) is 11.2. The first kappa shape index (κ1) is 25.3. The molecular formula is C27H34N2O5. The maximum absolute atomic E-state index is 13.1. The molecule has 0 saturated carbocycles. The van der Waals surface area contributed by atoms with E-state index in [9.17, 15) is 14.7 Å². The third kappa shape index (κ3) is 5.78. The Hall–Kier alpha value is -3.32. The monoisotopic (exact) mass is 466 g/mol. The Bertz CT molecular complexity index is 1010. The second-order valence-corrected chi connectivity index (χ2v) is 8.59. The molecular weight excluding hydrogens is 432 g/mol. The number of hydrogen-bond acceptors (Lipinski definition) is 6. The van der Waals surface area contributed by atoms with Crippen LogP contribution in [0.3, 0.4) is 0 Å². The average Bonchev–Trinajstić information content (AvgIpc) is 3.10. The number of amides is 1. The van der Waals surface area contributed by atoms with Crippen LogP contribution in [0.4, 0.5) is 0 Å². The van der Waals surface area contributed by atoms with Gasteiger partial charge in [-0.05, 0) is 68.9 Å². The molecule has 0 spiro atoms. The van der Waals surface area contributed by atoms with Crippen LogP contribution in [0.1, 0.15) is 43.9 Å². The summed E-state index contributed by atoms with van der Waals surface area (Å²) in [4.78, 5) is 29.6. The zero-order chi connectivity index (χ0) is 24.7. The number of carbonyl (C=O) groups excluding carboxylic acids is 2. The summed E-state index contributed by atoms with van der Waals surface area (Å²) in [5.74, 6) is -0.0758. The third-order valence-electron chi connectivity index (χ3n) is 5.60. The fraction of sp³-hybridized carbons (Fsp3) is 0.407. The van der Waals surface area contributed by atoms with Crippen molar-refractivity contribution in [3.8, 4) is 11.5 Å². The molecule has 1 amide bonds. The van der Waals surface area contributed by atoms with E-state index >= 15 is 0 Å². The smallest absolute Gasteiger partial charge is 0.295 e. The Labute approximate surface area is 201 Å². The highest BCUT2D eigenvalue weighted by Gasteiger charge is 2.45. The summed E-state index contributed by atoms with van der Waals surface area (Å²) in [5.41, 5.74) is 1.29. The van der Waals surface area contributed by atoms with Crippen molar-refractivity contribution in [3.05, 3.63) is 65.2 Å². The van der Waals surface area contributed by atoms with E-state index in [4.69, 9.17) is 9.47 Å². The van der Waals surface area contributed by atoms with Crippen molar-refractivity contribution < 1.29 is 24.2 Å². The van der Waals surface area contributed by atoms with Gasteiger partial charge in [-0.2, -0.15) is 0 Å². The predicted molar refractivity (Wildman–Crippen MR) is 132 cm³/mol. The lowest BCUT2D eigenvalue weighted by molar-refractivity contribution is -0.140. The number of likely N-dealkylation sites (tertiary alicyclic amines) is 1. The average molecular weight is 467 g/mol. The maximum atomic E-state index is 13.1. The molecule has 1 fully saturated rings. The van der Waals surface area contributed by atoms with E-state index in [2.05, 4.69) is 0 Å². The minimum absolute atomic E-state index is 0.0909. The highest BCUT2D eigenvalue weighted by Crippen LogP contribution is 2.39. The number of ketones is 1. The summed E-state index contributed by atoms with van der Waals surface area (Å²) < 4.78 is 11.3. The Balaban J connectivity index is 2.01. The van der Waals surface area contributed by atoms with Gasteiger partial charge >= 0.3 is 0 Å².